The lowest BCUT2D eigenvalue weighted by Crippen LogP contribution is -2.42. The largest absolute Gasteiger partial charge is 0.338 e. The number of piperidine rings is 1. The van der Waals surface area contributed by atoms with Gasteiger partial charge in [0.2, 0.25) is 5.91 Å². The summed E-state index contributed by atoms with van der Waals surface area (Å²) in [7, 11) is 1.60. The van der Waals surface area contributed by atoms with Gasteiger partial charge in [-0.15, -0.1) is 11.3 Å². The highest BCUT2D eigenvalue weighted by molar-refractivity contribution is 7.12. The van der Waals surface area contributed by atoms with Crippen molar-refractivity contribution in [3.63, 3.8) is 0 Å². The average Bonchev–Trinajstić information content (AvgIpc) is 3.22. The lowest BCUT2D eigenvalue weighted by molar-refractivity contribution is -0.116. The zero-order valence-corrected chi connectivity index (χ0v) is 18.8. The standard InChI is InChI=1S/C23H29N3O3S/c1-15-10-16(2)13-26(12-15)22(28)18-8-7-17(3)19(11-18)24-21(27)14-25(4)23(29)20-6-5-9-30-20/h5-9,11,15-16H,10,12-14H2,1-4H3,(H,24,27). The van der Waals surface area contributed by atoms with Crippen LogP contribution in [0.4, 0.5) is 5.69 Å². The molecule has 1 aliphatic heterocycles. The first-order valence-corrected chi connectivity index (χ1v) is 11.1. The first kappa shape index (κ1) is 22.0. The fourth-order valence-electron chi connectivity index (χ4n) is 3.97. The van der Waals surface area contributed by atoms with E-state index in [9.17, 15) is 14.4 Å². The number of likely N-dealkylation sites (tertiary alicyclic amines) is 1. The highest BCUT2D eigenvalue weighted by Gasteiger charge is 2.26. The Bertz CT molecular complexity index is 916. The Morgan fingerprint density at radius 1 is 1.17 bits per heavy atom. The predicted molar refractivity (Wildman–Crippen MR) is 120 cm³/mol. The van der Waals surface area contributed by atoms with Crippen molar-refractivity contribution < 1.29 is 14.4 Å². The molecule has 0 spiro atoms. The van der Waals surface area contributed by atoms with Gasteiger partial charge in [-0.25, -0.2) is 0 Å². The van der Waals surface area contributed by atoms with Crippen LogP contribution in [0.1, 0.15) is 45.9 Å². The molecule has 160 valence electrons. The van der Waals surface area contributed by atoms with Gasteiger partial charge in [-0.05, 0) is 54.3 Å². The number of nitrogens with zero attached hydrogens (tertiary/aromatic N) is 2. The van der Waals surface area contributed by atoms with Crippen LogP contribution in [0.3, 0.4) is 0 Å². The molecule has 2 heterocycles. The molecule has 1 aromatic heterocycles. The first-order valence-electron chi connectivity index (χ1n) is 10.2. The van der Waals surface area contributed by atoms with Crippen LogP contribution in [0.2, 0.25) is 0 Å². The number of thiophene rings is 1. The van der Waals surface area contributed by atoms with Gasteiger partial charge in [0.05, 0.1) is 11.4 Å². The van der Waals surface area contributed by atoms with Crippen molar-refractivity contribution in [1.29, 1.82) is 0 Å². The summed E-state index contributed by atoms with van der Waals surface area (Å²) < 4.78 is 0. The summed E-state index contributed by atoms with van der Waals surface area (Å²) in [4.78, 5) is 41.8. The smallest absolute Gasteiger partial charge is 0.264 e. The monoisotopic (exact) mass is 427 g/mol. The molecule has 0 aliphatic carbocycles. The van der Waals surface area contributed by atoms with E-state index < -0.39 is 0 Å². The van der Waals surface area contributed by atoms with Crippen LogP contribution in [0.25, 0.3) is 0 Å². The Labute approximate surface area is 181 Å². The first-order chi connectivity index (χ1) is 14.2. The second-order valence-electron chi connectivity index (χ2n) is 8.37. The normalized spacial score (nSPS) is 18.7. The Kier molecular flexibility index (Phi) is 6.92. The van der Waals surface area contributed by atoms with E-state index >= 15 is 0 Å². The molecule has 0 radical (unpaired) electrons. The van der Waals surface area contributed by atoms with Gasteiger partial charge in [0.25, 0.3) is 11.8 Å². The van der Waals surface area contributed by atoms with Crippen LogP contribution >= 0.6 is 11.3 Å². The molecule has 2 atom stereocenters. The fraction of sp³-hybridized carbons (Fsp3) is 0.435. The molecule has 7 heteroatoms. The number of benzene rings is 1. The third-order valence-electron chi connectivity index (χ3n) is 5.37. The second-order valence-corrected chi connectivity index (χ2v) is 9.32. The molecule has 1 aliphatic rings. The maximum absolute atomic E-state index is 13.0. The molecule has 0 bridgehead atoms. The van der Waals surface area contributed by atoms with E-state index in [1.54, 1.807) is 19.2 Å². The lowest BCUT2D eigenvalue weighted by Gasteiger charge is -2.35. The highest BCUT2D eigenvalue weighted by atomic mass is 32.1. The average molecular weight is 428 g/mol. The molecule has 6 nitrogen and oxygen atoms in total. The molecule has 1 aromatic carbocycles. The zero-order valence-electron chi connectivity index (χ0n) is 18.0. The molecule has 1 N–H and O–H groups in total. The topological polar surface area (TPSA) is 69.7 Å². The number of likely N-dealkylation sites (N-methyl/N-ethyl adjacent to an activating group) is 1. The van der Waals surface area contributed by atoms with Crippen LogP contribution in [0, 0.1) is 18.8 Å². The van der Waals surface area contributed by atoms with Crippen molar-refractivity contribution in [3.8, 4) is 0 Å². The van der Waals surface area contributed by atoms with E-state index in [0.717, 1.165) is 25.1 Å². The molecular formula is C23H29N3O3S. The zero-order chi connectivity index (χ0) is 21.8. The van der Waals surface area contributed by atoms with Gasteiger partial charge >= 0.3 is 0 Å². The van der Waals surface area contributed by atoms with Crippen molar-refractivity contribution in [2.24, 2.45) is 11.8 Å². The number of carbonyl (C=O) groups excluding carboxylic acids is 3. The van der Waals surface area contributed by atoms with E-state index in [1.165, 1.54) is 16.2 Å². The lowest BCUT2D eigenvalue weighted by atomic mass is 9.91. The van der Waals surface area contributed by atoms with Gasteiger partial charge in [-0.2, -0.15) is 0 Å². The van der Waals surface area contributed by atoms with Gasteiger partial charge in [0.15, 0.2) is 0 Å². The summed E-state index contributed by atoms with van der Waals surface area (Å²) in [5.74, 6) is 0.482. The third-order valence-corrected chi connectivity index (χ3v) is 6.23. The Morgan fingerprint density at radius 3 is 2.50 bits per heavy atom. The molecule has 3 amide bonds. The van der Waals surface area contributed by atoms with E-state index in [4.69, 9.17) is 0 Å². The van der Waals surface area contributed by atoms with Gasteiger partial charge in [0.1, 0.15) is 0 Å². The number of hydrogen-bond donors (Lipinski definition) is 1. The van der Waals surface area contributed by atoms with Gasteiger partial charge in [-0.1, -0.05) is 26.0 Å². The van der Waals surface area contributed by atoms with E-state index in [1.807, 2.05) is 35.4 Å². The van der Waals surface area contributed by atoms with Crippen LogP contribution < -0.4 is 5.32 Å². The molecule has 0 saturated carbocycles. The number of amides is 3. The van der Waals surface area contributed by atoms with Gasteiger partial charge in [-0.3, -0.25) is 14.4 Å². The minimum absolute atomic E-state index is 0.00566. The van der Waals surface area contributed by atoms with E-state index in [-0.39, 0.29) is 24.3 Å². The summed E-state index contributed by atoms with van der Waals surface area (Å²) in [6, 6.07) is 8.94. The van der Waals surface area contributed by atoms with Gasteiger partial charge < -0.3 is 15.1 Å². The van der Waals surface area contributed by atoms with Crippen molar-refractivity contribution in [1.82, 2.24) is 9.80 Å². The maximum Gasteiger partial charge on any atom is 0.264 e. The minimum atomic E-state index is -0.296. The van der Waals surface area contributed by atoms with Crippen LogP contribution in [-0.4, -0.2) is 54.2 Å². The SMILES string of the molecule is Cc1ccc(C(=O)N2CC(C)CC(C)C2)cc1NC(=O)CN(C)C(=O)c1cccs1. The summed E-state index contributed by atoms with van der Waals surface area (Å²) in [5.41, 5.74) is 2.04. The Morgan fingerprint density at radius 2 is 1.87 bits per heavy atom. The van der Waals surface area contributed by atoms with Crippen molar-refractivity contribution in [2.75, 3.05) is 32.0 Å². The molecule has 1 fully saturated rings. The van der Waals surface area contributed by atoms with Gasteiger partial charge in [0, 0.05) is 31.4 Å². The molecule has 30 heavy (non-hydrogen) atoms. The molecule has 1 saturated heterocycles. The van der Waals surface area contributed by atoms with E-state index in [2.05, 4.69) is 19.2 Å². The summed E-state index contributed by atoms with van der Waals surface area (Å²) in [5, 5.41) is 4.69. The molecule has 2 unspecified atom stereocenters. The molecule has 3 rings (SSSR count). The number of nitrogens with one attached hydrogen (secondary N) is 1. The number of hydrogen-bond acceptors (Lipinski definition) is 4. The quantitative estimate of drug-likeness (QED) is 0.787. The third kappa shape index (κ3) is 5.27. The van der Waals surface area contributed by atoms with Crippen LogP contribution in [0.5, 0.6) is 0 Å². The Hall–Kier alpha value is -2.67. The number of rotatable bonds is 5. The van der Waals surface area contributed by atoms with Crippen LogP contribution in [-0.2, 0) is 4.79 Å². The van der Waals surface area contributed by atoms with Crippen LogP contribution in [0.15, 0.2) is 35.7 Å². The Balaban J connectivity index is 1.67. The second kappa shape index (κ2) is 9.43. The molecule has 2 aromatic rings. The number of aryl methyl sites for hydroxylation is 1. The maximum atomic E-state index is 13.0. The van der Waals surface area contributed by atoms with Crippen molar-refractivity contribution >= 4 is 34.7 Å². The van der Waals surface area contributed by atoms with E-state index in [0.29, 0.717) is 28.0 Å². The summed E-state index contributed by atoms with van der Waals surface area (Å²) in [6.07, 6.45) is 1.14. The van der Waals surface area contributed by atoms with Crippen molar-refractivity contribution in [3.05, 3.63) is 51.7 Å². The fourth-order valence-corrected chi connectivity index (χ4v) is 4.68. The predicted octanol–water partition coefficient (Wildman–Crippen LogP) is 3.89. The van der Waals surface area contributed by atoms with Crippen molar-refractivity contribution in [2.45, 2.75) is 27.2 Å². The molecular weight excluding hydrogens is 398 g/mol. The summed E-state index contributed by atoms with van der Waals surface area (Å²) >= 11 is 1.35. The number of anilines is 1. The summed E-state index contributed by atoms with van der Waals surface area (Å²) in [6.45, 7) is 7.68. The number of carbonyl (C=O) groups is 3. The minimum Gasteiger partial charge on any atom is -0.338 e. The highest BCUT2D eigenvalue weighted by Crippen LogP contribution is 2.24.